The molecule has 12 aromatic rings. The van der Waals surface area contributed by atoms with Crippen LogP contribution in [0.5, 0.6) is 0 Å². The molecule has 9 aromatic heterocycles. The molecule has 15 heterocycles. The maximum atomic E-state index is 13.8. The predicted octanol–water partition coefficient (Wildman–Crippen LogP) is 15.8. The van der Waals surface area contributed by atoms with E-state index < -0.39 is 30.1 Å². The number of hydrogen-bond donors (Lipinski definition) is 1. The van der Waals surface area contributed by atoms with Crippen LogP contribution in [0.1, 0.15) is 183 Å². The number of thiazole rings is 3. The number of benzene rings is 3. The number of rotatable bonds is 17. The highest BCUT2D eigenvalue weighted by Gasteiger charge is 2.37. The first-order valence-corrected chi connectivity index (χ1v) is 52.7. The number of pyridine rings is 3. The normalized spacial score (nSPS) is 23.5. The third kappa shape index (κ3) is 19.3. The van der Waals surface area contributed by atoms with Crippen LogP contribution in [0.25, 0.3) is 66.9 Å². The van der Waals surface area contributed by atoms with E-state index in [1.54, 1.807) is 138 Å². The van der Waals surface area contributed by atoms with Crippen LogP contribution < -0.4 is 5.32 Å². The lowest BCUT2D eigenvalue weighted by Crippen LogP contribution is -2.49. The van der Waals surface area contributed by atoms with E-state index in [9.17, 15) is 30.0 Å². The van der Waals surface area contributed by atoms with Crippen molar-refractivity contribution in [3.63, 3.8) is 0 Å². The van der Waals surface area contributed by atoms with Crippen molar-refractivity contribution in [2.24, 2.45) is 0 Å². The maximum absolute atomic E-state index is 13.8. The van der Waals surface area contributed by atoms with E-state index >= 15 is 0 Å². The van der Waals surface area contributed by atoms with Crippen molar-refractivity contribution in [3.05, 3.63) is 194 Å². The van der Waals surface area contributed by atoms with Gasteiger partial charge in [-0.25, -0.2) is 67.1 Å². The van der Waals surface area contributed by atoms with Gasteiger partial charge in [-0.15, -0.1) is 34.0 Å². The molecule has 127 heavy (non-hydrogen) atoms. The van der Waals surface area contributed by atoms with Crippen LogP contribution in [0.3, 0.4) is 0 Å². The van der Waals surface area contributed by atoms with Crippen molar-refractivity contribution >= 4 is 103 Å². The summed E-state index contributed by atoms with van der Waals surface area (Å²) in [7, 11) is 1.54. The minimum absolute atomic E-state index is 0.219. The molecule has 3 atom stereocenters. The van der Waals surface area contributed by atoms with Gasteiger partial charge < -0.3 is 20.0 Å². The fourth-order valence-corrected chi connectivity index (χ4v) is 27.7. The van der Waals surface area contributed by atoms with Crippen LogP contribution in [0.2, 0.25) is 0 Å². The van der Waals surface area contributed by atoms with E-state index in [1.165, 1.54) is 101 Å². The van der Waals surface area contributed by atoms with Gasteiger partial charge in [0.05, 0.1) is 49.9 Å². The van der Waals surface area contributed by atoms with E-state index in [0.717, 1.165) is 194 Å². The quantitative estimate of drug-likeness (QED) is 0.0889. The van der Waals surface area contributed by atoms with Crippen LogP contribution in [0.4, 0.5) is 0 Å². The molecule has 9 fully saturated rings. The smallest absolute Gasteiger partial charge is 0.269 e. The van der Waals surface area contributed by atoms with E-state index in [4.69, 9.17) is 24.9 Å². The second-order valence-electron chi connectivity index (χ2n) is 36.6. The summed E-state index contributed by atoms with van der Waals surface area (Å²) >= 11 is 4.98. The van der Waals surface area contributed by atoms with Crippen molar-refractivity contribution in [2.45, 2.75) is 178 Å². The second kappa shape index (κ2) is 39.1. The minimum Gasteiger partial charge on any atom is -0.314 e. The Kier molecular flexibility index (Phi) is 27.5. The molecule has 3 aromatic carbocycles. The van der Waals surface area contributed by atoms with E-state index in [0.29, 0.717) is 77.6 Å². The lowest BCUT2D eigenvalue weighted by molar-refractivity contribution is -0.120. The van der Waals surface area contributed by atoms with Gasteiger partial charge in [0.15, 0.2) is 16.9 Å². The molecule has 6 aliphatic heterocycles. The summed E-state index contributed by atoms with van der Waals surface area (Å²) in [5.41, 5.74) is 9.71. The molecule has 1 N–H and O–H groups in total. The monoisotopic (exact) mass is 1830 g/mol. The van der Waals surface area contributed by atoms with Crippen molar-refractivity contribution in [2.75, 3.05) is 140 Å². The molecule has 3 saturated carbocycles. The van der Waals surface area contributed by atoms with Crippen LogP contribution in [-0.4, -0.2) is 265 Å². The molecule has 3 aliphatic carbocycles. The van der Waals surface area contributed by atoms with Crippen molar-refractivity contribution < 1.29 is 30.0 Å². The Hall–Kier alpha value is -8.22. The molecule has 0 bridgehead atoms. The number of piperazine rings is 3. The third-order valence-corrected chi connectivity index (χ3v) is 36.2. The number of hydrogen-bond acceptors (Lipinski definition) is 25. The summed E-state index contributed by atoms with van der Waals surface area (Å²) in [5, 5.41) is 15.2. The Balaban J connectivity index is 0.000000124. The number of ketones is 1. The molecule has 25 nitrogen and oxygen atoms in total. The Bertz CT molecular complexity index is 5900. The highest BCUT2D eigenvalue weighted by molar-refractivity contribution is 7.90. The van der Waals surface area contributed by atoms with Gasteiger partial charge in [0.25, 0.3) is 30.1 Å². The molecule has 0 radical (unpaired) electrons. The third-order valence-electron chi connectivity index (χ3n) is 28.4. The zero-order valence-corrected chi connectivity index (χ0v) is 78.9. The number of likely N-dealkylation sites (tertiary alicyclic amines) is 3. The lowest BCUT2D eigenvalue weighted by Gasteiger charge is -2.41. The Morgan fingerprint density at radius 2 is 0.654 bits per heavy atom. The first kappa shape index (κ1) is 89.4. The number of aromatic nitrogens is 9. The Morgan fingerprint density at radius 3 is 0.937 bits per heavy atom. The van der Waals surface area contributed by atoms with Crippen molar-refractivity contribution in [1.29, 1.82) is 0 Å². The lowest BCUT2D eigenvalue weighted by atomic mass is 9.81. The summed E-state index contributed by atoms with van der Waals surface area (Å²) in [6.07, 6.45) is 29.7. The van der Waals surface area contributed by atoms with Gasteiger partial charge in [0.2, 0.25) is 0 Å². The molecular weight excluding hydrogens is 1710 g/mol. The first-order chi connectivity index (χ1) is 61.6. The summed E-state index contributed by atoms with van der Waals surface area (Å²) in [5.74, 6) is 1.43. The minimum atomic E-state index is -3.84. The number of fused-ring (bicyclic) bond motifs is 3. The Morgan fingerprint density at radius 1 is 0.354 bits per heavy atom. The fourth-order valence-electron chi connectivity index (χ4n) is 20.6. The maximum Gasteiger partial charge on any atom is 0.269 e. The van der Waals surface area contributed by atoms with Crippen LogP contribution >= 0.6 is 34.0 Å². The number of nitrogens with one attached hydrogen (secondary N) is 1. The standard InChI is InChI=1S/2C32H40N6O2S2.C27H28N4O3S2.C5H12N2/c2*1-35-15-17-37(18-16-35)25-12-10-23(11-13-25)24-19-27-28(29-22-41-32(34-29)30-9-6-14-36(30)2)21-38(31(27)33-20-24)42(39,40)26-7-4-3-5-8-26;1-30-13-5-8-25(30)27-29-24(17-35-27)23-16-31(36(33,34)21-6-3-2-4-7-21)26-22(23)14-19(15-28-26)18-9-11-20(32)12-10-18;1-7-4-2-6-3-5-7/h2*3-5,7-8,19-23,25,30H,6,9-18H2,1-2H3;2-4,6-7,14-18,25H,5,8-13H2,1H3;6H,2-5H2,1H3. The van der Waals surface area contributed by atoms with Crippen LogP contribution in [-0.2, 0) is 34.9 Å². The van der Waals surface area contributed by atoms with Crippen LogP contribution in [0.15, 0.2) is 177 Å². The SMILES string of the molecule is CN1CCCC1c1nc(-c2cn(S(=O)(=O)c3ccccc3)c3ncc(C4CCC(=O)CC4)cc23)cs1.CN1CCN(C2CCC(c3cnc4c(c3)c(-c3csc(C5CCCN5C)n3)cn4S(=O)(=O)c3ccccc3)CC2)CC1.CN1CCN(C2CCC(c3cnc4c(c3)c(-c3csc(C5CCCN5C)n3)cn4S(=O)(=O)c3ccccc3)CC2)CC1.CN1CCNCC1. The highest BCUT2D eigenvalue weighted by Crippen LogP contribution is 2.46. The second-order valence-corrected chi connectivity index (χ2v) is 44.7. The zero-order chi connectivity index (χ0) is 87.7. The van der Waals surface area contributed by atoms with Crippen molar-refractivity contribution in [3.8, 4) is 33.8 Å². The van der Waals surface area contributed by atoms with E-state index in [-0.39, 0.29) is 20.6 Å². The van der Waals surface area contributed by atoms with E-state index in [1.807, 2.05) is 29.9 Å². The summed E-state index contributed by atoms with van der Waals surface area (Å²) in [4.78, 5) is 61.6. The van der Waals surface area contributed by atoms with E-state index in [2.05, 4.69) is 121 Å². The topological polar surface area (TPSA) is 250 Å². The summed E-state index contributed by atoms with van der Waals surface area (Å²) < 4.78 is 86.6. The van der Waals surface area contributed by atoms with Gasteiger partial charge in [-0.1, -0.05) is 54.6 Å². The number of nitrogens with zero attached hydrogens (tertiary/aromatic N) is 17. The molecule has 0 spiro atoms. The predicted molar refractivity (Wildman–Crippen MR) is 508 cm³/mol. The van der Waals surface area contributed by atoms with Gasteiger partial charge in [-0.05, 0) is 254 Å². The summed E-state index contributed by atoms with van der Waals surface area (Å²) in [6, 6.07) is 34.5. The molecule has 0 amide bonds. The van der Waals surface area contributed by atoms with Gasteiger partial charge in [0.1, 0.15) is 20.8 Å². The molecular formula is C96H120N18O7S6. The molecule has 21 rings (SSSR count). The molecule has 6 saturated heterocycles. The van der Waals surface area contributed by atoms with Gasteiger partial charge in [-0.3, -0.25) is 29.3 Å². The average molecular weight is 1830 g/mol. The number of carbonyl (C=O) groups is 1. The zero-order valence-electron chi connectivity index (χ0n) is 74.0. The number of Topliss-reactive ketones (excluding diaryl/α,β-unsaturated/α-hetero) is 1. The van der Waals surface area contributed by atoms with Crippen LogP contribution in [0, 0.1) is 0 Å². The molecule has 31 heteroatoms. The molecule has 672 valence electrons. The fraction of sp³-hybridized carbons (Fsp3) is 0.490. The van der Waals surface area contributed by atoms with Gasteiger partial charge in [0, 0.05) is 190 Å². The highest BCUT2D eigenvalue weighted by atomic mass is 32.2. The largest absolute Gasteiger partial charge is 0.314 e. The summed E-state index contributed by atoms with van der Waals surface area (Å²) in [6.45, 7) is 17.2. The molecule has 3 unspecified atom stereocenters. The Labute approximate surface area is 760 Å². The number of carbonyl (C=O) groups excluding carboxylic acids is 1. The number of likely N-dealkylation sites (N-methyl/N-ethyl adjacent to an activating group) is 3. The first-order valence-electron chi connectivity index (χ1n) is 45.8. The van der Waals surface area contributed by atoms with Gasteiger partial charge in [-0.2, -0.15) is 0 Å². The van der Waals surface area contributed by atoms with Crippen molar-refractivity contribution in [1.82, 2.24) is 86.3 Å². The molecule has 9 aliphatic rings. The van der Waals surface area contributed by atoms with Gasteiger partial charge >= 0.3 is 0 Å². The average Bonchev–Trinajstić information content (AvgIpc) is 1.60.